The van der Waals surface area contributed by atoms with Gasteiger partial charge in [0.05, 0.1) is 12.9 Å². The first-order chi connectivity index (χ1) is 13.0. The molecule has 144 valence electrons. The molecule has 0 radical (unpaired) electrons. The molecule has 0 unspecified atom stereocenters. The van der Waals surface area contributed by atoms with Crippen LogP contribution in [0.5, 0.6) is 5.75 Å². The van der Waals surface area contributed by atoms with E-state index in [1.807, 2.05) is 0 Å². The first-order valence-corrected chi connectivity index (χ1v) is 8.06. The Balaban J connectivity index is 1.93. The lowest BCUT2D eigenvalue weighted by Gasteiger charge is -2.20. The van der Waals surface area contributed by atoms with E-state index in [0.29, 0.717) is 11.4 Å². The standard InChI is InChI=1S/C18H20N2O7/c1-25-9-7-20(11-17(22)23)16(21)12-27-14-5-2-4-13(10-14)19-18(24)15-6-3-8-26-15/h2-6,8,10H,7,9,11-12H2,1H3,(H,19,24)(H,22,23). The van der Waals surface area contributed by atoms with E-state index >= 15 is 0 Å². The van der Waals surface area contributed by atoms with Crippen LogP contribution in [0.2, 0.25) is 0 Å². The van der Waals surface area contributed by atoms with Gasteiger partial charge in [0.2, 0.25) is 0 Å². The molecule has 0 aliphatic rings. The Kier molecular flexibility index (Phi) is 7.38. The van der Waals surface area contributed by atoms with Crippen molar-refractivity contribution in [3.8, 4) is 5.75 Å². The molecule has 2 aromatic rings. The molecule has 0 saturated heterocycles. The van der Waals surface area contributed by atoms with Gasteiger partial charge in [-0.1, -0.05) is 6.07 Å². The van der Waals surface area contributed by atoms with Crippen molar-refractivity contribution in [1.29, 1.82) is 0 Å². The maximum atomic E-state index is 12.2. The molecule has 0 aliphatic heterocycles. The van der Waals surface area contributed by atoms with Crippen LogP contribution in [0, 0.1) is 0 Å². The van der Waals surface area contributed by atoms with Crippen molar-refractivity contribution in [2.24, 2.45) is 0 Å². The summed E-state index contributed by atoms with van der Waals surface area (Å²) in [6.45, 7) is -0.422. The molecule has 0 saturated carbocycles. The van der Waals surface area contributed by atoms with Crippen LogP contribution in [-0.2, 0) is 14.3 Å². The van der Waals surface area contributed by atoms with E-state index < -0.39 is 24.3 Å². The zero-order valence-electron chi connectivity index (χ0n) is 14.7. The van der Waals surface area contributed by atoms with Crippen LogP contribution in [0.25, 0.3) is 0 Å². The summed E-state index contributed by atoms with van der Waals surface area (Å²) < 4.78 is 15.3. The Hall–Kier alpha value is -3.33. The Morgan fingerprint density at radius 3 is 2.70 bits per heavy atom. The molecule has 2 amide bonds. The summed E-state index contributed by atoms with van der Waals surface area (Å²) in [6.07, 6.45) is 1.40. The summed E-state index contributed by atoms with van der Waals surface area (Å²) in [7, 11) is 1.46. The van der Waals surface area contributed by atoms with Crippen molar-refractivity contribution in [3.05, 3.63) is 48.4 Å². The van der Waals surface area contributed by atoms with E-state index in [4.69, 9.17) is 19.0 Å². The highest BCUT2D eigenvalue weighted by Crippen LogP contribution is 2.18. The maximum Gasteiger partial charge on any atom is 0.323 e. The summed E-state index contributed by atoms with van der Waals surface area (Å²) in [4.78, 5) is 36.2. The van der Waals surface area contributed by atoms with Gasteiger partial charge < -0.3 is 29.2 Å². The highest BCUT2D eigenvalue weighted by Gasteiger charge is 2.17. The number of nitrogens with one attached hydrogen (secondary N) is 1. The minimum atomic E-state index is -1.12. The molecular weight excluding hydrogens is 356 g/mol. The van der Waals surface area contributed by atoms with Crippen molar-refractivity contribution in [2.75, 3.05) is 38.7 Å². The summed E-state index contributed by atoms with van der Waals surface area (Å²) in [5, 5.41) is 11.5. The van der Waals surface area contributed by atoms with E-state index in [2.05, 4.69) is 5.32 Å². The van der Waals surface area contributed by atoms with Gasteiger partial charge >= 0.3 is 5.97 Å². The Morgan fingerprint density at radius 1 is 1.22 bits per heavy atom. The number of anilines is 1. The van der Waals surface area contributed by atoms with Crippen molar-refractivity contribution < 1.29 is 33.4 Å². The van der Waals surface area contributed by atoms with Crippen LogP contribution < -0.4 is 10.1 Å². The first-order valence-electron chi connectivity index (χ1n) is 8.06. The van der Waals surface area contributed by atoms with Crippen molar-refractivity contribution in [2.45, 2.75) is 0 Å². The Labute approximate surface area is 155 Å². The number of hydrogen-bond acceptors (Lipinski definition) is 6. The number of rotatable bonds is 10. The topological polar surface area (TPSA) is 118 Å². The molecule has 1 aromatic heterocycles. The number of carbonyl (C=O) groups excluding carboxylic acids is 2. The van der Waals surface area contributed by atoms with Crippen LogP contribution >= 0.6 is 0 Å². The SMILES string of the molecule is COCCN(CC(=O)O)C(=O)COc1cccc(NC(=O)c2ccco2)c1. The lowest BCUT2D eigenvalue weighted by molar-refractivity contribution is -0.145. The number of carboxylic acids is 1. The van der Waals surface area contributed by atoms with E-state index in [-0.39, 0.29) is 25.5 Å². The Morgan fingerprint density at radius 2 is 2.04 bits per heavy atom. The second-order valence-corrected chi connectivity index (χ2v) is 5.45. The van der Waals surface area contributed by atoms with Crippen LogP contribution in [0.15, 0.2) is 47.1 Å². The maximum absolute atomic E-state index is 12.2. The normalized spacial score (nSPS) is 10.3. The quantitative estimate of drug-likeness (QED) is 0.644. The molecule has 9 nitrogen and oxygen atoms in total. The third kappa shape index (κ3) is 6.48. The molecule has 27 heavy (non-hydrogen) atoms. The molecule has 0 aliphatic carbocycles. The Bertz CT molecular complexity index is 774. The lowest BCUT2D eigenvalue weighted by atomic mass is 10.3. The summed E-state index contributed by atoms with van der Waals surface area (Å²) in [5.41, 5.74) is 0.461. The van der Waals surface area contributed by atoms with Gasteiger partial charge in [-0.3, -0.25) is 14.4 Å². The van der Waals surface area contributed by atoms with Gasteiger partial charge in [0.25, 0.3) is 11.8 Å². The highest BCUT2D eigenvalue weighted by molar-refractivity contribution is 6.02. The third-order valence-electron chi connectivity index (χ3n) is 3.44. The van der Waals surface area contributed by atoms with Crippen molar-refractivity contribution in [3.63, 3.8) is 0 Å². The number of aliphatic carboxylic acids is 1. The van der Waals surface area contributed by atoms with Crippen molar-refractivity contribution in [1.82, 2.24) is 4.90 Å². The smallest absolute Gasteiger partial charge is 0.323 e. The fourth-order valence-electron chi connectivity index (χ4n) is 2.16. The molecule has 2 rings (SSSR count). The lowest BCUT2D eigenvalue weighted by Crippen LogP contribution is -2.40. The van der Waals surface area contributed by atoms with Gasteiger partial charge in [0.1, 0.15) is 12.3 Å². The van der Waals surface area contributed by atoms with Crippen LogP contribution in [0.4, 0.5) is 5.69 Å². The van der Waals surface area contributed by atoms with Crippen LogP contribution in [0.1, 0.15) is 10.6 Å². The van der Waals surface area contributed by atoms with Gasteiger partial charge in [0.15, 0.2) is 12.4 Å². The van der Waals surface area contributed by atoms with E-state index in [0.717, 1.165) is 4.90 Å². The number of amides is 2. The van der Waals surface area contributed by atoms with Crippen LogP contribution in [-0.4, -0.2) is 61.2 Å². The molecule has 0 bridgehead atoms. The number of benzene rings is 1. The average Bonchev–Trinajstić information content (AvgIpc) is 3.18. The molecule has 0 atom stereocenters. The molecule has 2 N–H and O–H groups in total. The third-order valence-corrected chi connectivity index (χ3v) is 3.44. The summed E-state index contributed by atoms with van der Waals surface area (Å²) in [5.74, 6) is -1.51. The number of ether oxygens (including phenoxy) is 2. The zero-order chi connectivity index (χ0) is 19.6. The summed E-state index contributed by atoms with van der Waals surface area (Å²) in [6, 6.07) is 9.61. The van der Waals surface area contributed by atoms with Crippen LogP contribution in [0.3, 0.4) is 0 Å². The average molecular weight is 376 g/mol. The molecular formula is C18H20N2O7. The monoisotopic (exact) mass is 376 g/mol. The minimum absolute atomic E-state index is 0.143. The van der Waals surface area contributed by atoms with E-state index in [1.54, 1.807) is 30.3 Å². The van der Waals surface area contributed by atoms with Gasteiger partial charge in [-0.2, -0.15) is 0 Å². The minimum Gasteiger partial charge on any atom is -0.484 e. The van der Waals surface area contributed by atoms with Gasteiger partial charge in [0, 0.05) is 25.4 Å². The molecule has 1 aromatic carbocycles. The number of nitrogens with zero attached hydrogens (tertiary/aromatic N) is 1. The largest absolute Gasteiger partial charge is 0.484 e. The number of hydrogen-bond donors (Lipinski definition) is 2. The predicted octanol–water partition coefficient (Wildman–Crippen LogP) is 1.47. The van der Waals surface area contributed by atoms with E-state index in [1.165, 1.54) is 19.4 Å². The number of furan rings is 1. The summed E-state index contributed by atoms with van der Waals surface area (Å²) >= 11 is 0. The molecule has 9 heteroatoms. The predicted molar refractivity (Wildman–Crippen MR) is 94.7 cm³/mol. The van der Waals surface area contributed by atoms with Gasteiger partial charge in [-0.25, -0.2) is 0 Å². The number of methoxy groups -OCH3 is 1. The first kappa shape index (κ1) is 20.0. The fraction of sp³-hybridized carbons (Fsp3) is 0.278. The number of carboxylic acid groups (broad SMARTS) is 1. The second-order valence-electron chi connectivity index (χ2n) is 5.45. The molecule has 1 heterocycles. The van der Waals surface area contributed by atoms with E-state index in [9.17, 15) is 14.4 Å². The van der Waals surface area contributed by atoms with Crippen molar-refractivity contribution >= 4 is 23.5 Å². The van der Waals surface area contributed by atoms with Gasteiger partial charge in [-0.15, -0.1) is 0 Å². The zero-order valence-corrected chi connectivity index (χ0v) is 14.7. The number of carbonyl (C=O) groups is 3. The highest BCUT2D eigenvalue weighted by atomic mass is 16.5. The second kappa shape index (κ2) is 9.97. The van der Waals surface area contributed by atoms with Gasteiger partial charge in [-0.05, 0) is 24.3 Å². The fourth-order valence-corrected chi connectivity index (χ4v) is 2.16. The molecule has 0 spiro atoms. The molecule has 0 fully saturated rings.